The molecule has 1 aliphatic heterocycles. The Morgan fingerprint density at radius 2 is 1.64 bits per heavy atom. The van der Waals surface area contributed by atoms with Crippen LogP contribution in [0, 0.1) is 0 Å². The van der Waals surface area contributed by atoms with Gasteiger partial charge in [0.05, 0.1) is 15.6 Å². The van der Waals surface area contributed by atoms with Crippen molar-refractivity contribution in [1.29, 1.82) is 0 Å². The van der Waals surface area contributed by atoms with Crippen LogP contribution in [0.5, 0.6) is 5.75 Å². The van der Waals surface area contributed by atoms with E-state index in [0.29, 0.717) is 23.8 Å². The highest BCUT2D eigenvalue weighted by Crippen LogP contribution is 2.37. The third kappa shape index (κ3) is 3.95. The molecule has 1 aliphatic rings. The Morgan fingerprint density at radius 1 is 1.00 bits per heavy atom. The second-order valence-corrected chi connectivity index (χ2v) is 8.34. The number of nitrogens with zero attached hydrogens (tertiary/aromatic N) is 3. The summed E-state index contributed by atoms with van der Waals surface area (Å²) in [5.74, 6) is -0.219. The first-order valence-electron chi connectivity index (χ1n) is 7.58. The van der Waals surface area contributed by atoms with Crippen LogP contribution in [0.15, 0.2) is 51.5 Å². The Labute approximate surface area is 155 Å². The van der Waals surface area contributed by atoms with Crippen molar-refractivity contribution in [3.63, 3.8) is 0 Å². The van der Waals surface area contributed by atoms with Crippen LogP contribution in [0.25, 0.3) is 0 Å². The van der Waals surface area contributed by atoms with Gasteiger partial charge in [0.25, 0.3) is 0 Å². The van der Waals surface area contributed by atoms with Gasteiger partial charge < -0.3 is 5.11 Å². The number of hydrogen-bond acceptors (Lipinski definition) is 5. The van der Waals surface area contributed by atoms with E-state index >= 15 is 0 Å². The Morgan fingerprint density at radius 3 is 2.28 bits per heavy atom. The first-order chi connectivity index (χ1) is 11.9. The lowest BCUT2D eigenvalue weighted by Gasteiger charge is -2.15. The Hall–Kier alpha value is -1.67. The monoisotopic (exact) mass is 399 g/mol. The third-order valence-electron chi connectivity index (χ3n) is 3.82. The number of phenols is 1. The number of sulfonamides is 1. The summed E-state index contributed by atoms with van der Waals surface area (Å²) >= 11 is 11.7. The zero-order chi connectivity index (χ0) is 18.0. The Kier molecular flexibility index (Phi) is 5.29. The molecule has 0 radical (unpaired) electrons. The van der Waals surface area contributed by atoms with Crippen molar-refractivity contribution in [3.05, 3.63) is 46.4 Å². The van der Waals surface area contributed by atoms with E-state index in [-0.39, 0.29) is 21.4 Å². The average Bonchev–Trinajstić information content (AvgIpc) is 3.12. The molecule has 1 saturated heterocycles. The molecule has 25 heavy (non-hydrogen) atoms. The van der Waals surface area contributed by atoms with E-state index < -0.39 is 10.0 Å². The average molecular weight is 400 g/mol. The number of azo groups is 1. The molecule has 1 N–H and O–H groups in total. The van der Waals surface area contributed by atoms with Crippen LogP contribution in [0.1, 0.15) is 12.8 Å². The van der Waals surface area contributed by atoms with Gasteiger partial charge in [-0.1, -0.05) is 23.2 Å². The summed E-state index contributed by atoms with van der Waals surface area (Å²) in [6.45, 7) is 1.11. The second kappa shape index (κ2) is 7.29. The molecule has 0 aliphatic carbocycles. The molecule has 6 nitrogen and oxygen atoms in total. The minimum absolute atomic E-state index is 0.0773. The molecule has 0 bridgehead atoms. The lowest BCUT2D eigenvalue weighted by atomic mass is 10.3. The molecule has 132 valence electrons. The van der Waals surface area contributed by atoms with Crippen LogP contribution in [0.2, 0.25) is 10.0 Å². The van der Waals surface area contributed by atoms with Crippen LogP contribution in [-0.4, -0.2) is 30.9 Å². The van der Waals surface area contributed by atoms with E-state index in [1.54, 1.807) is 12.1 Å². The molecule has 2 aromatic carbocycles. The number of benzene rings is 2. The fourth-order valence-electron chi connectivity index (χ4n) is 2.50. The first-order valence-corrected chi connectivity index (χ1v) is 9.77. The van der Waals surface area contributed by atoms with E-state index in [1.807, 2.05) is 0 Å². The Balaban J connectivity index is 1.81. The standard InChI is InChI=1S/C16H15Cl2N3O3S/c17-11-9-14(18)16(22)15(10-11)20-19-12-3-5-13(6-4-12)25(23,24)21-7-1-2-8-21/h3-6,9-10,22H,1-2,7-8H2. The normalized spacial score (nSPS) is 15.9. The smallest absolute Gasteiger partial charge is 0.243 e. The third-order valence-corrected chi connectivity index (χ3v) is 6.24. The van der Waals surface area contributed by atoms with Gasteiger partial charge in [0.15, 0.2) is 5.75 Å². The molecule has 3 rings (SSSR count). The van der Waals surface area contributed by atoms with Crippen molar-refractivity contribution in [2.75, 3.05) is 13.1 Å². The maximum atomic E-state index is 12.5. The first kappa shape index (κ1) is 18.1. The van der Waals surface area contributed by atoms with Crippen molar-refractivity contribution in [2.24, 2.45) is 10.2 Å². The molecule has 1 heterocycles. The predicted molar refractivity (Wildman–Crippen MR) is 96.7 cm³/mol. The summed E-state index contributed by atoms with van der Waals surface area (Å²) in [4.78, 5) is 0.224. The van der Waals surface area contributed by atoms with Crippen molar-refractivity contribution in [2.45, 2.75) is 17.7 Å². The molecule has 0 amide bonds. The topological polar surface area (TPSA) is 82.3 Å². The summed E-state index contributed by atoms with van der Waals surface area (Å²) in [5.41, 5.74) is 0.571. The molecular weight excluding hydrogens is 385 g/mol. The summed E-state index contributed by atoms with van der Waals surface area (Å²) in [6.07, 6.45) is 1.77. The highest BCUT2D eigenvalue weighted by atomic mass is 35.5. The van der Waals surface area contributed by atoms with Crippen molar-refractivity contribution in [1.82, 2.24) is 4.31 Å². The zero-order valence-electron chi connectivity index (χ0n) is 13.1. The van der Waals surface area contributed by atoms with Crippen LogP contribution in [0.4, 0.5) is 11.4 Å². The van der Waals surface area contributed by atoms with Crippen molar-refractivity contribution < 1.29 is 13.5 Å². The fraction of sp³-hybridized carbons (Fsp3) is 0.250. The van der Waals surface area contributed by atoms with Gasteiger partial charge in [-0.2, -0.15) is 9.42 Å². The fourth-order valence-corrected chi connectivity index (χ4v) is 4.50. The van der Waals surface area contributed by atoms with E-state index in [4.69, 9.17) is 23.2 Å². The van der Waals surface area contributed by atoms with Gasteiger partial charge in [-0.15, -0.1) is 5.11 Å². The lowest BCUT2D eigenvalue weighted by molar-refractivity contribution is 0.476. The predicted octanol–water partition coefficient (Wildman–Crippen LogP) is 4.90. The SMILES string of the molecule is O=S(=O)(c1ccc(N=Nc2cc(Cl)cc(Cl)c2O)cc1)N1CCCC1. The minimum atomic E-state index is -3.45. The maximum absolute atomic E-state index is 12.5. The lowest BCUT2D eigenvalue weighted by Crippen LogP contribution is -2.27. The number of hydrogen-bond donors (Lipinski definition) is 1. The van der Waals surface area contributed by atoms with Crippen LogP contribution in [0.3, 0.4) is 0 Å². The highest BCUT2D eigenvalue weighted by molar-refractivity contribution is 7.89. The van der Waals surface area contributed by atoms with E-state index in [1.165, 1.54) is 28.6 Å². The van der Waals surface area contributed by atoms with Crippen molar-refractivity contribution >= 4 is 44.6 Å². The number of halogens is 2. The van der Waals surface area contributed by atoms with Crippen LogP contribution < -0.4 is 0 Å². The summed E-state index contributed by atoms with van der Waals surface area (Å²) in [6, 6.07) is 8.92. The molecule has 0 atom stereocenters. The number of phenolic OH excluding ortho intramolecular Hbond substituents is 1. The van der Waals surface area contributed by atoms with Gasteiger partial charge >= 0.3 is 0 Å². The molecular formula is C16H15Cl2N3O3S. The van der Waals surface area contributed by atoms with Gasteiger partial charge in [0.2, 0.25) is 10.0 Å². The highest BCUT2D eigenvalue weighted by Gasteiger charge is 2.26. The number of aromatic hydroxyl groups is 1. The van der Waals surface area contributed by atoms with Gasteiger partial charge in [0, 0.05) is 18.1 Å². The molecule has 2 aromatic rings. The summed E-state index contributed by atoms with van der Waals surface area (Å²) in [5, 5.41) is 18.1. The van der Waals surface area contributed by atoms with E-state index in [9.17, 15) is 13.5 Å². The van der Waals surface area contributed by atoms with Crippen LogP contribution in [-0.2, 0) is 10.0 Å². The summed E-state index contributed by atoms with van der Waals surface area (Å²) < 4.78 is 26.4. The Bertz CT molecular complexity index is 909. The number of rotatable bonds is 4. The molecule has 0 spiro atoms. The largest absolute Gasteiger partial charge is 0.504 e. The van der Waals surface area contributed by atoms with Crippen molar-refractivity contribution in [3.8, 4) is 5.75 Å². The molecule has 0 aromatic heterocycles. The van der Waals surface area contributed by atoms with Gasteiger partial charge in [-0.3, -0.25) is 0 Å². The summed E-state index contributed by atoms with van der Waals surface area (Å²) in [7, 11) is -3.45. The maximum Gasteiger partial charge on any atom is 0.243 e. The molecule has 9 heteroatoms. The van der Waals surface area contributed by atoms with Crippen LogP contribution >= 0.6 is 23.2 Å². The molecule has 0 unspecified atom stereocenters. The minimum Gasteiger partial charge on any atom is -0.504 e. The van der Waals surface area contributed by atoms with Gasteiger partial charge in [-0.05, 0) is 49.2 Å². The van der Waals surface area contributed by atoms with E-state index in [0.717, 1.165) is 12.8 Å². The molecule has 0 saturated carbocycles. The van der Waals surface area contributed by atoms with Gasteiger partial charge in [-0.25, -0.2) is 8.42 Å². The zero-order valence-corrected chi connectivity index (χ0v) is 15.4. The van der Waals surface area contributed by atoms with E-state index in [2.05, 4.69) is 10.2 Å². The van der Waals surface area contributed by atoms with Gasteiger partial charge in [0.1, 0.15) is 5.69 Å². The quantitative estimate of drug-likeness (QED) is 0.742. The molecule has 1 fully saturated rings. The second-order valence-electron chi connectivity index (χ2n) is 5.56.